The van der Waals surface area contributed by atoms with Crippen molar-refractivity contribution in [3.05, 3.63) is 99.9 Å². The van der Waals surface area contributed by atoms with Gasteiger partial charge >= 0.3 is 6.03 Å². The predicted molar refractivity (Wildman–Crippen MR) is 175 cm³/mol. The number of fused-ring (bicyclic) bond motifs is 1. The number of aromatic nitrogens is 1. The molecule has 2 fully saturated rings. The van der Waals surface area contributed by atoms with Crippen LogP contribution in [-0.4, -0.2) is 75.0 Å². The van der Waals surface area contributed by atoms with Crippen LogP contribution in [0.1, 0.15) is 30.5 Å². The molecule has 0 spiro atoms. The second kappa shape index (κ2) is 12.9. The number of H-pyrrole nitrogens is 1. The highest BCUT2D eigenvalue weighted by Crippen LogP contribution is 2.55. The lowest BCUT2D eigenvalue weighted by molar-refractivity contribution is -0.136. The van der Waals surface area contributed by atoms with E-state index in [2.05, 4.69) is 10.3 Å². The van der Waals surface area contributed by atoms with Gasteiger partial charge in [0.25, 0.3) is 0 Å². The van der Waals surface area contributed by atoms with E-state index in [4.69, 9.17) is 23.2 Å². The number of carbonyl (C=O) groups is 3. The molecule has 12 heteroatoms. The van der Waals surface area contributed by atoms with Crippen molar-refractivity contribution in [2.24, 2.45) is 0 Å². The summed E-state index contributed by atoms with van der Waals surface area (Å²) in [4.78, 5) is 50.9. The van der Waals surface area contributed by atoms with E-state index in [1.165, 1.54) is 23.9 Å². The fourth-order valence-electron chi connectivity index (χ4n) is 6.27. The Balaban J connectivity index is 1.46. The van der Waals surface area contributed by atoms with Gasteiger partial charge in [0, 0.05) is 71.8 Å². The van der Waals surface area contributed by atoms with Crippen molar-refractivity contribution in [1.82, 2.24) is 25.0 Å². The van der Waals surface area contributed by atoms with E-state index < -0.39 is 16.6 Å². The number of benzene rings is 3. The molecule has 1 unspecified atom stereocenters. The zero-order valence-corrected chi connectivity index (χ0v) is 26.9. The van der Waals surface area contributed by atoms with Gasteiger partial charge in [-0.05, 0) is 48.9 Å². The molecule has 3 aromatic carbocycles. The molecule has 4 amide bonds. The smallest absolute Gasteiger partial charge is 0.317 e. The summed E-state index contributed by atoms with van der Waals surface area (Å²) in [7, 11) is 0. The molecule has 2 aliphatic rings. The number of nitrogens with one attached hydrogen (secondary N) is 2. The largest absolute Gasteiger partial charge is 0.361 e. The summed E-state index contributed by atoms with van der Waals surface area (Å²) >= 11 is 13.7. The van der Waals surface area contributed by atoms with Gasteiger partial charge in [-0.25, -0.2) is 9.18 Å². The van der Waals surface area contributed by atoms with E-state index in [0.717, 1.165) is 21.4 Å². The highest BCUT2D eigenvalue weighted by molar-refractivity contribution is 8.01. The normalized spacial score (nSPS) is 20.2. The van der Waals surface area contributed by atoms with Crippen molar-refractivity contribution in [2.75, 3.05) is 32.7 Å². The fraction of sp³-hybridized carbons (Fsp3) is 0.303. The number of aromatic amines is 1. The molecule has 234 valence electrons. The number of likely N-dealkylation sites (tertiary alicyclic amines) is 1. The third kappa shape index (κ3) is 6.11. The van der Waals surface area contributed by atoms with Crippen molar-refractivity contribution >= 4 is 63.7 Å². The number of hydrogen-bond acceptors (Lipinski definition) is 4. The van der Waals surface area contributed by atoms with E-state index in [1.807, 2.05) is 55.6 Å². The Kier molecular flexibility index (Phi) is 8.99. The summed E-state index contributed by atoms with van der Waals surface area (Å²) in [6, 6.07) is 18.7. The first-order valence-electron chi connectivity index (χ1n) is 14.8. The van der Waals surface area contributed by atoms with Crippen molar-refractivity contribution in [3.63, 3.8) is 0 Å². The van der Waals surface area contributed by atoms with Crippen LogP contribution in [0.15, 0.2) is 77.8 Å². The number of thioether (sulfide) groups is 1. The maximum absolute atomic E-state index is 15.0. The van der Waals surface area contributed by atoms with Gasteiger partial charge < -0.3 is 25.0 Å². The Hall–Kier alpha value is -3.73. The van der Waals surface area contributed by atoms with E-state index in [-0.39, 0.29) is 35.8 Å². The molecule has 0 radical (unpaired) electrons. The molecule has 0 bridgehead atoms. The molecule has 2 atom stereocenters. The SMILES string of the molecule is CCNC(=O)N1CCN(C(=O)C2(Sc3ccccc3)CC(=O)N(Cc3ccc(Cl)c(F)c3)[C@H]2c2c[nH]c3cc(Cl)ccc23)CC1. The second-order valence-corrected chi connectivity index (χ2v) is 13.5. The molecular weight excluding hydrogens is 636 g/mol. The van der Waals surface area contributed by atoms with Crippen LogP contribution in [0.2, 0.25) is 10.0 Å². The van der Waals surface area contributed by atoms with Gasteiger partial charge in [-0.3, -0.25) is 9.59 Å². The maximum Gasteiger partial charge on any atom is 0.317 e. The van der Waals surface area contributed by atoms with Crippen LogP contribution in [0.4, 0.5) is 9.18 Å². The first-order chi connectivity index (χ1) is 21.7. The Labute approximate surface area is 274 Å². The fourth-order valence-corrected chi connectivity index (χ4v) is 8.05. The minimum Gasteiger partial charge on any atom is -0.361 e. The van der Waals surface area contributed by atoms with Gasteiger partial charge in [0.1, 0.15) is 10.6 Å². The lowest BCUT2D eigenvalue weighted by Gasteiger charge is -2.42. The first-order valence-corrected chi connectivity index (χ1v) is 16.3. The van der Waals surface area contributed by atoms with Crippen molar-refractivity contribution in [1.29, 1.82) is 0 Å². The maximum atomic E-state index is 15.0. The Morgan fingerprint density at radius 1 is 1.02 bits per heavy atom. The van der Waals surface area contributed by atoms with Gasteiger partial charge in [0.2, 0.25) is 11.8 Å². The van der Waals surface area contributed by atoms with Crippen molar-refractivity contribution < 1.29 is 18.8 Å². The molecule has 6 rings (SSSR count). The highest BCUT2D eigenvalue weighted by Gasteiger charge is 2.60. The Morgan fingerprint density at radius 2 is 1.76 bits per heavy atom. The van der Waals surface area contributed by atoms with E-state index in [1.54, 1.807) is 26.8 Å². The predicted octanol–water partition coefficient (Wildman–Crippen LogP) is 6.49. The average Bonchev–Trinajstić information content (AvgIpc) is 3.56. The second-order valence-electron chi connectivity index (χ2n) is 11.2. The van der Waals surface area contributed by atoms with Gasteiger partial charge in [-0.1, -0.05) is 53.5 Å². The van der Waals surface area contributed by atoms with Gasteiger partial charge in [-0.15, -0.1) is 11.8 Å². The lowest BCUT2D eigenvalue weighted by atomic mass is 9.90. The molecule has 8 nitrogen and oxygen atoms in total. The van der Waals surface area contributed by atoms with Crippen LogP contribution < -0.4 is 5.32 Å². The number of rotatable bonds is 7. The summed E-state index contributed by atoms with van der Waals surface area (Å²) in [5, 5.41) is 4.20. The minimum absolute atomic E-state index is 0.00697. The van der Waals surface area contributed by atoms with Crippen LogP contribution in [-0.2, 0) is 16.1 Å². The third-order valence-electron chi connectivity index (χ3n) is 8.38. The number of nitrogens with zero attached hydrogens (tertiary/aromatic N) is 3. The van der Waals surface area contributed by atoms with Gasteiger partial charge in [0.05, 0.1) is 17.5 Å². The minimum atomic E-state index is -1.27. The zero-order chi connectivity index (χ0) is 31.7. The first kappa shape index (κ1) is 31.3. The topological polar surface area (TPSA) is 88.8 Å². The molecule has 3 heterocycles. The molecular formula is C33H32Cl2FN5O3S. The highest BCUT2D eigenvalue weighted by atomic mass is 35.5. The molecule has 45 heavy (non-hydrogen) atoms. The summed E-state index contributed by atoms with van der Waals surface area (Å²) in [6.07, 6.45) is 1.77. The number of amides is 4. The van der Waals surface area contributed by atoms with Crippen LogP contribution in [0.5, 0.6) is 0 Å². The molecule has 0 aliphatic carbocycles. The van der Waals surface area contributed by atoms with Crippen molar-refractivity contribution in [2.45, 2.75) is 35.6 Å². The summed E-state index contributed by atoms with van der Waals surface area (Å²) in [5.41, 5.74) is 2.09. The molecule has 1 aromatic heterocycles. The van der Waals surface area contributed by atoms with Crippen LogP contribution in [0.25, 0.3) is 10.9 Å². The van der Waals surface area contributed by atoms with E-state index in [9.17, 15) is 18.8 Å². The van der Waals surface area contributed by atoms with E-state index in [0.29, 0.717) is 43.3 Å². The number of carbonyl (C=O) groups excluding carboxylic acids is 3. The molecule has 0 saturated carbocycles. The monoisotopic (exact) mass is 667 g/mol. The summed E-state index contributed by atoms with van der Waals surface area (Å²) < 4.78 is 13.3. The Morgan fingerprint density at radius 3 is 2.47 bits per heavy atom. The number of halogens is 3. The zero-order valence-electron chi connectivity index (χ0n) is 24.6. The molecule has 2 N–H and O–H groups in total. The van der Waals surface area contributed by atoms with Crippen LogP contribution in [0, 0.1) is 5.82 Å². The molecule has 2 saturated heterocycles. The number of urea groups is 1. The standard InChI is InChI=1S/C33H32Cl2FN5O3S/c1-2-37-32(44)40-14-12-39(13-15-40)31(43)33(45-23-6-4-3-5-7-23)18-29(42)41(20-21-8-11-26(35)27(36)16-21)30(33)25-19-38-28-17-22(34)9-10-24(25)28/h3-11,16-17,19,30,38H,2,12-15,18,20H2,1H3,(H,37,44)/t30-,33?/m0/s1. The van der Waals surface area contributed by atoms with Gasteiger partial charge in [-0.2, -0.15) is 0 Å². The average molecular weight is 669 g/mol. The number of hydrogen-bond donors (Lipinski definition) is 2. The third-order valence-corrected chi connectivity index (χ3v) is 10.3. The van der Waals surface area contributed by atoms with E-state index >= 15 is 0 Å². The van der Waals surface area contributed by atoms with Crippen LogP contribution in [0.3, 0.4) is 0 Å². The quantitative estimate of drug-likeness (QED) is 0.236. The lowest BCUT2D eigenvalue weighted by Crippen LogP contribution is -2.58. The van der Waals surface area contributed by atoms with Crippen molar-refractivity contribution in [3.8, 4) is 0 Å². The van der Waals surface area contributed by atoms with Crippen LogP contribution >= 0.6 is 35.0 Å². The number of piperazine rings is 1. The summed E-state index contributed by atoms with van der Waals surface area (Å²) in [5.74, 6) is -0.986. The molecule has 2 aliphatic heterocycles. The molecule has 4 aromatic rings. The summed E-state index contributed by atoms with van der Waals surface area (Å²) in [6.45, 7) is 3.88. The Bertz CT molecular complexity index is 1750. The van der Waals surface area contributed by atoms with Gasteiger partial charge in [0.15, 0.2) is 0 Å².